The molecule has 2 heterocycles. The Labute approximate surface area is 131 Å². The normalized spacial score (nSPS) is 11.4. The van der Waals surface area contributed by atoms with E-state index >= 15 is 0 Å². The molecule has 0 atom stereocenters. The van der Waals surface area contributed by atoms with Gasteiger partial charge >= 0.3 is 0 Å². The first-order valence-electron chi connectivity index (χ1n) is 6.88. The van der Waals surface area contributed by atoms with Crippen LogP contribution in [0.15, 0.2) is 55.0 Å². The summed E-state index contributed by atoms with van der Waals surface area (Å²) in [5.41, 5.74) is 4.53. The molecule has 1 N–H and O–H groups in total. The quantitative estimate of drug-likeness (QED) is 0.614. The zero-order valence-corrected chi connectivity index (χ0v) is 12.3. The maximum Gasteiger partial charge on any atom is 0.108 e. The molecule has 22 heavy (non-hydrogen) atoms. The molecule has 0 spiro atoms. The number of rotatable bonds is 2. The standard InChI is InChI=1S/C17H12ClN3O/c18-12-3-6-15-14(7-12)17-16(8-19-15)20-10-21(17)13-4-1-11(9-22)2-5-13/h1-8,10,22H,9H2. The molecule has 0 bridgehead atoms. The first-order chi connectivity index (χ1) is 10.8. The molecule has 108 valence electrons. The lowest BCUT2D eigenvalue weighted by Crippen LogP contribution is -1.94. The first-order valence-corrected chi connectivity index (χ1v) is 7.25. The van der Waals surface area contributed by atoms with Crippen molar-refractivity contribution in [1.29, 1.82) is 0 Å². The van der Waals surface area contributed by atoms with Crippen molar-refractivity contribution in [3.05, 3.63) is 65.6 Å². The zero-order valence-electron chi connectivity index (χ0n) is 11.6. The Kier molecular flexibility index (Phi) is 3.06. The molecule has 0 radical (unpaired) electrons. The van der Waals surface area contributed by atoms with E-state index in [2.05, 4.69) is 9.97 Å². The molecule has 0 aliphatic heterocycles. The van der Waals surface area contributed by atoms with Gasteiger partial charge in [-0.3, -0.25) is 9.55 Å². The largest absolute Gasteiger partial charge is 0.392 e. The van der Waals surface area contributed by atoms with Crippen molar-refractivity contribution >= 4 is 33.5 Å². The minimum Gasteiger partial charge on any atom is -0.392 e. The summed E-state index contributed by atoms with van der Waals surface area (Å²) in [5, 5.41) is 10.8. The van der Waals surface area contributed by atoms with Crippen LogP contribution < -0.4 is 0 Å². The van der Waals surface area contributed by atoms with Crippen LogP contribution in [0, 0.1) is 0 Å². The molecule has 5 heteroatoms. The van der Waals surface area contributed by atoms with Crippen molar-refractivity contribution in [1.82, 2.24) is 14.5 Å². The topological polar surface area (TPSA) is 50.9 Å². The minimum absolute atomic E-state index is 0.0351. The van der Waals surface area contributed by atoms with Crippen molar-refractivity contribution in [2.75, 3.05) is 0 Å². The van der Waals surface area contributed by atoms with Crippen LogP contribution in [0.25, 0.3) is 27.6 Å². The summed E-state index contributed by atoms with van der Waals surface area (Å²) < 4.78 is 2.01. The molecule has 0 amide bonds. The average Bonchev–Trinajstić information content (AvgIpc) is 2.99. The number of halogens is 1. The number of fused-ring (bicyclic) bond motifs is 3. The molecule has 4 nitrogen and oxygen atoms in total. The van der Waals surface area contributed by atoms with E-state index in [-0.39, 0.29) is 6.61 Å². The van der Waals surface area contributed by atoms with Crippen LogP contribution >= 0.6 is 11.6 Å². The molecule has 0 saturated carbocycles. The molecular formula is C17H12ClN3O. The second kappa shape index (κ2) is 5.09. The van der Waals surface area contributed by atoms with E-state index in [9.17, 15) is 0 Å². The molecular weight excluding hydrogens is 298 g/mol. The van der Waals surface area contributed by atoms with Crippen LogP contribution in [0.3, 0.4) is 0 Å². The van der Waals surface area contributed by atoms with Gasteiger partial charge in [0.05, 0.1) is 23.8 Å². The average molecular weight is 310 g/mol. The van der Waals surface area contributed by atoms with Crippen molar-refractivity contribution in [3.63, 3.8) is 0 Å². The fourth-order valence-electron chi connectivity index (χ4n) is 2.62. The van der Waals surface area contributed by atoms with E-state index in [1.807, 2.05) is 47.0 Å². The van der Waals surface area contributed by atoms with Crippen LogP contribution in [0.2, 0.25) is 5.02 Å². The van der Waals surface area contributed by atoms with Crippen LogP contribution in [-0.4, -0.2) is 19.6 Å². The van der Waals surface area contributed by atoms with Gasteiger partial charge in [0.15, 0.2) is 0 Å². The Morgan fingerprint density at radius 3 is 2.59 bits per heavy atom. The highest BCUT2D eigenvalue weighted by Gasteiger charge is 2.10. The summed E-state index contributed by atoms with van der Waals surface area (Å²) in [6.45, 7) is 0.0351. The van der Waals surface area contributed by atoms with Gasteiger partial charge in [-0.05, 0) is 35.9 Å². The Morgan fingerprint density at radius 1 is 1.00 bits per heavy atom. The summed E-state index contributed by atoms with van der Waals surface area (Å²) in [4.78, 5) is 8.84. The van der Waals surface area contributed by atoms with E-state index in [1.165, 1.54) is 0 Å². The van der Waals surface area contributed by atoms with Gasteiger partial charge in [0.2, 0.25) is 0 Å². The molecule has 0 unspecified atom stereocenters. The third-order valence-corrected chi connectivity index (χ3v) is 3.97. The number of nitrogens with zero attached hydrogens (tertiary/aromatic N) is 3. The maximum absolute atomic E-state index is 9.16. The fourth-order valence-corrected chi connectivity index (χ4v) is 2.80. The van der Waals surface area contributed by atoms with Gasteiger partial charge in [0.25, 0.3) is 0 Å². The highest BCUT2D eigenvalue weighted by molar-refractivity contribution is 6.31. The summed E-state index contributed by atoms with van der Waals surface area (Å²) in [6.07, 6.45) is 3.55. The van der Waals surface area contributed by atoms with E-state index < -0.39 is 0 Å². The number of aliphatic hydroxyl groups excluding tert-OH is 1. The Balaban J connectivity index is 2.02. The Bertz CT molecular complexity index is 976. The van der Waals surface area contributed by atoms with Gasteiger partial charge in [0.1, 0.15) is 11.8 Å². The van der Waals surface area contributed by atoms with Gasteiger partial charge in [-0.25, -0.2) is 4.98 Å². The molecule has 0 aliphatic carbocycles. The monoisotopic (exact) mass is 309 g/mol. The number of hydrogen-bond acceptors (Lipinski definition) is 3. The smallest absolute Gasteiger partial charge is 0.108 e. The predicted molar refractivity (Wildman–Crippen MR) is 87.3 cm³/mol. The molecule has 4 aromatic rings. The lowest BCUT2D eigenvalue weighted by Gasteiger charge is -2.07. The second-order valence-corrected chi connectivity index (χ2v) is 5.53. The maximum atomic E-state index is 9.16. The van der Waals surface area contributed by atoms with Gasteiger partial charge < -0.3 is 5.11 Å². The first kappa shape index (κ1) is 13.2. The van der Waals surface area contributed by atoms with E-state index in [0.717, 1.165) is 33.2 Å². The van der Waals surface area contributed by atoms with Crippen LogP contribution in [0.4, 0.5) is 0 Å². The highest BCUT2D eigenvalue weighted by Crippen LogP contribution is 2.27. The molecule has 0 fully saturated rings. The molecule has 4 rings (SSSR count). The lowest BCUT2D eigenvalue weighted by molar-refractivity contribution is 0.282. The molecule has 0 saturated heterocycles. The number of aromatic nitrogens is 3. The fraction of sp³-hybridized carbons (Fsp3) is 0.0588. The van der Waals surface area contributed by atoms with Crippen molar-refractivity contribution in [3.8, 4) is 5.69 Å². The summed E-state index contributed by atoms with van der Waals surface area (Å²) in [6, 6.07) is 13.4. The SMILES string of the molecule is OCc1ccc(-n2cnc3cnc4ccc(Cl)cc4c32)cc1. The highest BCUT2D eigenvalue weighted by atomic mass is 35.5. The number of aliphatic hydroxyl groups is 1. The summed E-state index contributed by atoms with van der Waals surface area (Å²) >= 11 is 6.14. The van der Waals surface area contributed by atoms with Crippen molar-refractivity contribution < 1.29 is 5.11 Å². The molecule has 2 aromatic carbocycles. The summed E-state index contributed by atoms with van der Waals surface area (Å²) in [7, 11) is 0. The number of benzene rings is 2. The predicted octanol–water partition coefficient (Wildman–Crippen LogP) is 3.72. The zero-order chi connectivity index (χ0) is 15.1. The Morgan fingerprint density at radius 2 is 1.82 bits per heavy atom. The number of pyridine rings is 1. The van der Waals surface area contributed by atoms with E-state index in [1.54, 1.807) is 12.5 Å². The van der Waals surface area contributed by atoms with Gasteiger partial charge in [-0.2, -0.15) is 0 Å². The third kappa shape index (κ3) is 2.04. The Hall–Kier alpha value is -2.43. The summed E-state index contributed by atoms with van der Waals surface area (Å²) in [5.74, 6) is 0. The van der Waals surface area contributed by atoms with Crippen LogP contribution in [0.1, 0.15) is 5.56 Å². The van der Waals surface area contributed by atoms with Gasteiger partial charge in [0, 0.05) is 16.1 Å². The van der Waals surface area contributed by atoms with Crippen molar-refractivity contribution in [2.24, 2.45) is 0 Å². The third-order valence-electron chi connectivity index (χ3n) is 3.73. The van der Waals surface area contributed by atoms with Crippen LogP contribution in [0.5, 0.6) is 0 Å². The van der Waals surface area contributed by atoms with Crippen molar-refractivity contribution in [2.45, 2.75) is 6.61 Å². The van der Waals surface area contributed by atoms with Crippen LogP contribution in [-0.2, 0) is 6.61 Å². The number of hydrogen-bond donors (Lipinski definition) is 1. The van der Waals surface area contributed by atoms with Gasteiger partial charge in [-0.15, -0.1) is 0 Å². The van der Waals surface area contributed by atoms with E-state index in [4.69, 9.17) is 16.7 Å². The molecule has 0 aliphatic rings. The van der Waals surface area contributed by atoms with Gasteiger partial charge in [-0.1, -0.05) is 23.7 Å². The lowest BCUT2D eigenvalue weighted by atomic mass is 10.1. The second-order valence-electron chi connectivity index (χ2n) is 5.09. The number of imidazole rings is 1. The minimum atomic E-state index is 0.0351. The van der Waals surface area contributed by atoms with E-state index in [0.29, 0.717) is 5.02 Å². The molecule has 2 aromatic heterocycles.